The number of amides is 1. The zero-order chi connectivity index (χ0) is 22.1. The van der Waals surface area contributed by atoms with Crippen LogP contribution in [0.25, 0.3) is 0 Å². The van der Waals surface area contributed by atoms with Crippen molar-refractivity contribution in [2.45, 2.75) is 70.3 Å². The van der Waals surface area contributed by atoms with E-state index in [2.05, 4.69) is 47.9 Å². The molecule has 5 heteroatoms. The molecule has 1 aromatic carbocycles. The van der Waals surface area contributed by atoms with Crippen LogP contribution in [-0.2, 0) is 4.74 Å². The molecule has 1 unspecified atom stereocenters. The normalized spacial score (nSPS) is 19.9. The number of piperazine rings is 1. The minimum Gasteiger partial charge on any atom is -0.449 e. The lowest BCUT2D eigenvalue weighted by Gasteiger charge is -2.43. The second-order valence-electron chi connectivity index (χ2n) is 8.97. The molecular weight excluding hydrogens is 388 g/mol. The molecule has 2 aliphatic rings. The van der Waals surface area contributed by atoms with Gasteiger partial charge in [0.15, 0.2) is 0 Å². The fraction of sp³-hybridized carbons (Fsp3) is 0.654. The largest absolute Gasteiger partial charge is 0.449 e. The van der Waals surface area contributed by atoms with Gasteiger partial charge in [-0.15, -0.1) is 5.92 Å². The maximum atomic E-state index is 12.2. The molecule has 2 fully saturated rings. The summed E-state index contributed by atoms with van der Waals surface area (Å²) < 4.78 is 5.37. The Balaban J connectivity index is 1.65. The van der Waals surface area contributed by atoms with E-state index < -0.39 is 5.60 Å². The highest BCUT2D eigenvalue weighted by atomic mass is 16.6. The highest BCUT2D eigenvalue weighted by Gasteiger charge is 2.40. The maximum Gasteiger partial charge on any atom is 0.409 e. The fourth-order valence-corrected chi connectivity index (χ4v) is 4.81. The van der Waals surface area contributed by atoms with Crippen molar-refractivity contribution in [3.05, 3.63) is 35.4 Å². The van der Waals surface area contributed by atoms with Crippen molar-refractivity contribution < 1.29 is 14.6 Å². The summed E-state index contributed by atoms with van der Waals surface area (Å²) in [5.41, 5.74) is 1.54. The van der Waals surface area contributed by atoms with Crippen LogP contribution in [0.2, 0.25) is 0 Å². The fourth-order valence-electron chi connectivity index (χ4n) is 4.81. The van der Waals surface area contributed by atoms with Crippen molar-refractivity contribution in [3.8, 4) is 11.8 Å². The number of carbonyl (C=O) groups excluding carboxylic acids is 1. The van der Waals surface area contributed by atoms with E-state index in [0.717, 1.165) is 63.7 Å². The van der Waals surface area contributed by atoms with Gasteiger partial charge in [-0.3, -0.25) is 4.90 Å². The Morgan fingerprint density at radius 2 is 1.81 bits per heavy atom. The molecule has 1 aliphatic carbocycles. The average molecular weight is 427 g/mol. The van der Waals surface area contributed by atoms with E-state index in [4.69, 9.17) is 4.74 Å². The number of ether oxygens (including phenoxy) is 1. The Bertz CT molecular complexity index is 751. The maximum absolute atomic E-state index is 12.2. The molecule has 1 aromatic rings. The molecule has 3 rings (SSSR count). The predicted octanol–water partition coefficient (Wildman–Crippen LogP) is 4.39. The molecule has 1 aliphatic heterocycles. The number of aliphatic hydroxyl groups is 1. The molecule has 31 heavy (non-hydrogen) atoms. The predicted molar refractivity (Wildman–Crippen MR) is 124 cm³/mol. The summed E-state index contributed by atoms with van der Waals surface area (Å²) >= 11 is 0. The molecule has 170 valence electrons. The summed E-state index contributed by atoms with van der Waals surface area (Å²) in [5.74, 6) is 6.12. The molecule has 1 saturated heterocycles. The van der Waals surface area contributed by atoms with E-state index >= 15 is 0 Å². The monoisotopic (exact) mass is 426 g/mol. The zero-order valence-corrected chi connectivity index (χ0v) is 19.2. The van der Waals surface area contributed by atoms with Crippen molar-refractivity contribution in [1.29, 1.82) is 0 Å². The van der Waals surface area contributed by atoms with E-state index in [1.54, 1.807) is 0 Å². The van der Waals surface area contributed by atoms with E-state index in [9.17, 15) is 9.90 Å². The Kier molecular flexibility index (Phi) is 8.80. The Morgan fingerprint density at radius 3 is 2.42 bits per heavy atom. The molecule has 1 atom stereocenters. The highest BCUT2D eigenvalue weighted by Crippen LogP contribution is 2.40. The van der Waals surface area contributed by atoms with Crippen LogP contribution in [0.15, 0.2) is 24.3 Å². The third-order valence-corrected chi connectivity index (χ3v) is 6.75. The van der Waals surface area contributed by atoms with Gasteiger partial charge in [-0.05, 0) is 43.9 Å². The first-order chi connectivity index (χ1) is 15.1. The number of hydrogen-bond donors (Lipinski definition) is 1. The van der Waals surface area contributed by atoms with Crippen LogP contribution in [-0.4, -0.2) is 65.9 Å². The van der Waals surface area contributed by atoms with Gasteiger partial charge in [0.25, 0.3) is 0 Å². The first-order valence-electron chi connectivity index (χ1n) is 11.9. The third-order valence-electron chi connectivity index (χ3n) is 6.75. The number of benzene rings is 1. The minimum atomic E-state index is -0.660. The van der Waals surface area contributed by atoms with E-state index in [-0.39, 0.29) is 12.0 Å². The van der Waals surface area contributed by atoms with Gasteiger partial charge in [0.1, 0.15) is 0 Å². The summed E-state index contributed by atoms with van der Waals surface area (Å²) in [5, 5.41) is 11.6. The van der Waals surface area contributed by atoms with Crippen molar-refractivity contribution in [1.82, 2.24) is 9.80 Å². The molecule has 1 N–H and O–H groups in total. The lowest BCUT2D eigenvalue weighted by atomic mass is 9.72. The Morgan fingerprint density at radius 1 is 1.13 bits per heavy atom. The molecule has 0 radical (unpaired) electrons. The number of rotatable bonds is 7. The van der Waals surface area contributed by atoms with Gasteiger partial charge in [0, 0.05) is 44.2 Å². The Hall–Kier alpha value is -2.03. The molecule has 5 nitrogen and oxygen atoms in total. The van der Waals surface area contributed by atoms with Crippen LogP contribution in [0.1, 0.15) is 75.8 Å². The Labute approximate surface area is 187 Å². The van der Waals surface area contributed by atoms with Gasteiger partial charge in [-0.1, -0.05) is 50.7 Å². The van der Waals surface area contributed by atoms with E-state index in [1.807, 2.05) is 11.8 Å². The van der Waals surface area contributed by atoms with Gasteiger partial charge in [0.05, 0.1) is 12.2 Å². The van der Waals surface area contributed by atoms with Crippen LogP contribution >= 0.6 is 0 Å². The molecular formula is C26H38N2O3. The number of hydrogen-bond acceptors (Lipinski definition) is 4. The highest BCUT2D eigenvalue weighted by molar-refractivity contribution is 5.67. The van der Waals surface area contributed by atoms with Crippen molar-refractivity contribution in [2.75, 3.05) is 39.3 Å². The van der Waals surface area contributed by atoms with Gasteiger partial charge in [-0.2, -0.15) is 0 Å². The van der Waals surface area contributed by atoms with Crippen LogP contribution in [0.4, 0.5) is 4.79 Å². The van der Waals surface area contributed by atoms with Crippen molar-refractivity contribution >= 4 is 6.09 Å². The number of carbonyl (C=O) groups is 1. The van der Waals surface area contributed by atoms with Crippen LogP contribution in [0.5, 0.6) is 0 Å². The van der Waals surface area contributed by atoms with Gasteiger partial charge in [-0.25, -0.2) is 4.79 Å². The molecule has 0 bridgehead atoms. The molecule has 1 saturated carbocycles. The summed E-state index contributed by atoms with van der Waals surface area (Å²) in [6.07, 6.45) is 6.84. The van der Waals surface area contributed by atoms with E-state index in [0.29, 0.717) is 19.7 Å². The SMILES string of the molecule is CC#Cc1ccc(C(CN2CCN(C(=O)OCCCC)CC2)C2(O)CCCCC2)cc1. The topological polar surface area (TPSA) is 53.0 Å². The molecule has 0 spiro atoms. The molecule has 0 aromatic heterocycles. The van der Waals surface area contributed by atoms with Gasteiger partial charge in [0.2, 0.25) is 0 Å². The second kappa shape index (κ2) is 11.5. The minimum absolute atomic E-state index is 0.0690. The van der Waals surface area contributed by atoms with Crippen molar-refractivity contribution in [3.63, 3.8) is 0 Å². The number of unbranched alkanes of at least 4 members (excludes halogenated alkanes) is 1. The van der Waals surface area contributed by atoms with Crippen LogP contribution < -0.4 is 0 Å². The summed E-state index contributed by atoms with van der Waals surface area (Å²) in [6, 6.07) is 8.40. The third kappa shape index (κ3) is 6.48. The summed E-state index contributed by atoms with van der Waals surface area (Å²) in [7, 11) is 0. The lowest BCUT2D eigenvalue weighted by Crippen LogP contribution is -2.52. The summed E-state index contributed by atoms with van der Waals surface area (Å²) in [4.78, 5) is 16.5. The van der Waals surface area contributed by atoms with Gasteiger partial charge >= 0.3 is 6.09 Å². The standard InChI is InChI=1S/C26H38N2O3/c1-3-5-20-31-25(29)28-18-16-27(17-19-28)21-24(26(30)14-7-6-8-15-26)23-12-10-22(9-4-2)11-13-23/h10-13,24,30H,3,5-8,14-21H2,1-2H3. The average Bonchev–Trinajstić information content (AvgIpc) is 2.79. The van der Waals surface area contributed by atoms with Crippen LogP contribution in [0, 0.1) is 11.8 Å². The van der Waals surface area contributed by atoms with Crippen molar-refractivity contribution in [2.24, 2.45) is 0 Å². The number of nitrogens with zero attached hydrogens (tertiary/aromatic N) is 2. The second-order valence-corrected chi connectivity index (χ2v) is 8.97. The first-order valence-corrected chi connectivity index (χ1v) is 11.9. The lowest BCUT2D eigenvalue weighted by molar-refractivity contribution is -0.0342. The molecule has 1 heterocycles. The quantitative estimate of drug-likeness (QED) is 0.519. The van der Waals surface area contributed by atoms with E-state index in [1.165, 1.54) is 12.0 Å². The van der Waals surface area contributed by atoms with Gasteiger partial charge < -0.3 is 14.7 Å². The smallest absolute Gasteiger partial charge is 0.409 e. The van der Waals surface area contributed by atoms with Crippen LogP contribution in [0.3, 0.4) is 0 Å². The summed E-state index contributed by atoms with van der Waals surface area (Å²) in [6.45, 7) is 8.25. The zero-order valence-electron chi connectivity index (χ0n) is 19.2. The molecule has 1 amide bonds. The first kappa shape index (κ1) is 23.6.